The van der Waals surface area contributed by atoms with E-state index in [1.165, 1.54) is 6.07 Å². The quantitative estimate of drug-likeness (QED) is 0.699. The predicted molar refractivity (Wildman–Crippen MR) is 61.0 cm³/mol. The highest BCUT2D eigenvalue weighted by atomic mass is 31.2. The van der Waals surface area contributed by atoms with Gasteiger partial charge in [-0.25, -0.2) is 0 Å². The molecule has 0 aliphatic rings. The van der Waals surface area contributed by atoms with Crippen molar-refractivity contribution in [3.63, 3.8) is 0 Å². The van der Waals surface area contributed by atoms with Crippen LogP contribution in [0.25, 0.3) is 10.8 Å². The molecule has 84 valence electrons. The largest absolute Gasteiger partial charge is 0.376 e. The summed E-state index contributed by atoms with van der Waals surface area (Å²) in [6.07, 6.45) is 0. The highest BCUT2D eigenvalue weighted by Gasteiger charge is 2.27. The second-order valence-electron chi connectivity index (χ2n) is 3.57. The third kappa shape index (κ3) is 2.15. The van der Waals surface area contributed by atoms with Crippen LogP contribution in [-0.2, 0) is 4.57 Å². The molecule has 0 radical (unpaired) electrons. The van der Waals surface area contributed by atoms with Gasteiger partial charge >= 0.3 is 7.60 Å². The van der Waals surface area contributed by atoms with E-state index in [-0.39, 0.29) is 5.56 Å². The molecular weight excluding hydrogens is 227 g/mol. The first-order valence-corrected chi connectivity index (χ1v) is 6.38. The predicted octanol–water partition coefficient (Wildman–Crippen LogP) is 2.01. The van der Waals surface area contributed by atoms with Gasteiger partial charge in [-0.15, -0.1) is 0 Å². The molecule has 0 unspecified atom stereocenters. The molecule has 0 amide bonds. The molecule has 0 aromatic heterocycles. The van der Waals surface area contributed by atoms with Crippen LogP contribution < -0.4 is 0 Å². The van der Waals surface area contributed by atoms with Gasteiger partial charge in [-0.2, -0.15) is 0 Å². The van der Waals surface area contributed by atoms with Gasteiger partial charge in [0.1, 0.15) is 0 Å². The van der Waals surface area contributed by atoms with Crippen molar-refractivity contribution in [3.05, 3.63) is 48.0 Å². The van der Waals surface area contributed by atoms with E-state index in [1.807, 2.05) is 24.3 Å². The van der Waals surface area contributed by atoms with Crippen molar-refractivity contribution in [2.75, 3.05) is 0 Å². The SMILES string of the molecule is O=P(O)(O)[C@@H](O)c1ccc2ccccc2c1. The Morgan fingerprint density at radius 2 is 1.62 bits per heavy atom. The molecule has 2 rings (SSSR count). The summed E-state index contributed by atoms with van der Waals surface area (Å²) >= 11 is 0. The van der Waals surface area contributed by atoms with E-state index >= 15 is 0 Å². The van der Waals surface area contributed by atoms with Crippen molar-refractivity contribution in [2.45, 2.75) is 5.85 Å². The van der Waals surface area contributed by atoms with E-state index in [9.17, 15) is 9.67 Å². The van der Waals surface area contributed by atoms with E-state index in [2.05, 4.69) is 0 Å². The highest BCUT2D eigenvalue weighted by Crippen LogP contribution is 2.49. The van der Waals surface area contributed by atoms with Crippen molar-refractivity contribution in [3.8, 4) is 0 Å². The first kappa shape index (κ1) is 11.3. The molecule has 1 atom stereocenters. The number of rotatable bonds is 2. The van der Waals surface area contributed by atoms with E-state index < -0.39 is 13.4 Å². The summed E-state index contributed by atoms with van der Waals surface area (Å²) in [6, 6.07) is 12.3. The van der Waals surface area contributed by atoms with Crippen LogP contribution in [-0.4, -0.2) is 14.9 Å². The summed E-state index contributed by atoms with van der Waals surface area (Å²) in [4.78, 5) is 17.7. The molecule has 0 heterocycles. The van der Waals surface area contributed by atoms with E-state index in [4.69, 9.17) is 9.79 Å². The van der Waals surface area contributed by atoms with Gasteiger partial charge in [0.15, 0.2) is 5.85 Å². The second-order valence-corrected chi connectivity index (χ2v) is 5.24. The third-order valence-corrected chi connectivity index (χ3v) is 3.33. The Kier molecular flexibility index (Phi) is 2.82. The van der Waals surface area contributed by atoms with Crippen LogP contribution in [0.2, 0.25) is 0 Å². The fraction of sp³-hybridized carbons (Fsp3) is 0.0909. The smallest absolute Gasteiger partial charge is 0.358 e. The minimum atomic E-state index is -4.50. The lowest BCUT2D eigenvalue weighted by atomic mass is 10.1. The fourth-order valence-corrected chi connectivity index (χ4v) is 2.11. The first-order chi connectivity index (χ1) is 7.48. The summed E-state index contributed by atoms with van der Waals surface area (Å²) in [5.41, 5.74) is 0.229. The minimum Gasteiger partial charge on any atom is -0.376 e. The molecule has 16 heavy (non-hydrogen) atoms. The van der Waals surface area contributed by atoms with Gasteiger partial charge in [0.2, 0.25) is 0 Å². The van der Waals surface area contributed by atoms with Gasteiger partial charge in [0.25, 0.3) is 0 Å². The van der Waals surface area contributed by atoms with Crippen LogP contribution >= 0.6 is 7.60 Å². The minimum absolute atomic E-state index is 0.229. The number of aliphatic hydroxyl groups excluding tert-OH is 1. The molecule has 0 bridgehead atoms. The monoisotopic (exact) mass is 238 g/mol. The summed E-state index contributed by atoms with van der Waals surface area (Å²) < 4.78 is 10.9. The summed E-state index contributed by atoms with van der Waals surface area (Å²) in [5, 5.41) is 11.3. The summed E-state index contributed by atoms with van der Waals surface area (Å²) in [7, 11) is -4.50. The number of aliphatic hydroxyl groups is 1. The molecule has 5 heteroatoms. The Morgan fingerprint density at radius 1 is 1.00 bits per heavy atom. The van der Waals surface area contributed by atoms with Crippen molar-refractivity contribution in [1.29, 1.82) is 0 Å². The van der Waals surface area contributed by atoms with Crippen LogP contribution in [0.1, 0.15) is 11.4 Å². The summed E-state index contributed by atoms with van der Waals surface area (Å²) in [6.45, 7) is 0. The van der Waals surface area contributed by atoms with Crippen LogP contribution in [0.5, 0.6) is 0 Å². The molecule has 3 N–H and O–H groups in total. The van der Waals surface area contributed by atoms with Crippen molar-refractivity contribution < 1.29 is 19.5 Å². The van der Waals surface area contributed by atoms with Crippen molar-refractivity contribution in [2.24, 2.45) is 0 Å². The zero-order valence-electron chi connectivity index (χ0n) is 8.32. The first-order valence-electron chi connectivity index (χ1n) is 4.70. The Balaban J connectivity index is 2.51. The average Bonchev–Trinajstić information content (AvgIpc) is 2.26. The van der Waals surface area contributed by atoms with Gasteiger partial charge in [0.05, 0.1) is 0 Å². The lowest BCUT2D eigenvalue weighted by Gasteiger charge is -2.13. The average molecular weight is 238 g/mol. The molecule has 0 aliphatic carbocycles. The molecule has 2 aromatic carbocycles. The highest BCUT2D eigenvalue weighted by molar-refractivity contribution is 7.51. The number of hydrogen-bond donors (Lipinski definition) is 3. The number of benzene rings is 2. The van der Waals surface area contributed by atoms with Crippen LogP contribution in [0, 0.1) is 0 Å². The lowest BCUT2D eigenvalue weighted by Crippen LogP contribution is -1.97. The summed E-state index contributed by atoms with van der Waals surface area (Å²) in [5.74, 6) is -1.75. The van der Waals surface area contributed by atoms with Crippen molar-refractivity contribution >= 4 is 18.4 Å². The van der Waals surface area contributed by atoms with Crippen LogP contribution in [0.15, 0.2) is 42.5 Å². The molecule has 0 spiro atoms. The van der Waals surface area contributed by atoms with Crippen molar-refractivity contribution in [1.82, 2.24) is 0 Å². The zero-order valence-corrected chi connectivity index (χ0v) is 9.21. The van der Waals surface area contributed by atoms with Gasteiger partial charge < -0.3 is 14.9 Å². The maximum absolute atomic E-state index is 10.9. The second kappa shape index (κ2) is 4.00. The number of hydrogen-bond acceptors (Lipinski definition) is 2. The maximum Gasteiger partial charge on any atom is 0.358 e. The molecule has 4 nitrogen and oxygen atoms in total. The van der Waals surface area contributed by atoms with Gasteiger partial charge in [0, 0.05) is 0 Å². The normalized spacial score (nSPS) is 13.9. The molecule has 0 saturated heterocycles. The Hall–Kier alpha value is -1.19. The molecular formula is C11H11O4P. The van der Waals surface area contributed by atoms with E-state index in [0.29, 0.717) is 0 Å². The molecule has 0 fully saturated rings. The Morgan fingerprint density at radius 3 is 2.25 bits per heavy atom. The Bertz CT molecular complexity index is 561. The van der Waals surface area contributed by atoms with Gasteiger partial charge in [-0.05, 0) is 22.4 Å². The van der Waals surface area contributed by atoms with Crippen LogP contribution in [0.4, 0.5) is 0 Å². The topological polar surface area (TPSA) is 77.8 Å². The lowest BCUT2D eigenvalue weighted by molar-refractivity contribution is 0.206. The fourth-order valence-electron chi connectivity index (χ4n) is 1.56. The molecule has 0 saturated carbocycles. The van der Waals surface area contributed by atoms with Gasteiger partial charge in [-0.1, -0.05) is 36.4 Å². The number of fused-ring (bicyclic) bond motifs is 1. The van der Waals surface area contributed by atoms with Crippen LogP contribution in [0.3, 0.4) is 0 Å². The van der Waals surface area contributed by atoms with Gasteiger partial charge in [-0.3, -0.25) is 4.57 Å². The van der Waals surface area contributed by atoms with E-state index in [1.54, 1.807) is 12.1 Å². The maximum atomic E-state index is 10.9. The van der Waals surface area contributed by atoms with E-state index in [0.717, 1.165) is 10.8 Å². The zero-order chi connectivity index (χ0) is 11.8. The third-order valence-electron chi connectivity index (χ3n) is 2.39. The molecule has 0 aliphatic heterocycles. The Labute approximate surface area is 92.3 Å². The molecule has 2 aromatic rings. The standard InChI is InChI=1S/C11H11O4P/c12-11(16(13,14)15)10-6-5-8-3-1-2-4-9(8)7-10/h1-7,11-12H,(H2,13,14,15)/t11-/m1/s1.